The van der Waals surface area contributed by atoms with Gasteiger partial charge in [-0.3, -0.25) is 0 Å². The maximum Gasteiger partial charge on any atom is -0.0159 e. The topological polar surface area (TPSA) is 0 Å². The molecular formula is C15H31. The Morgan fingerprint density at radius 3 is 1.87 bits per heavy atom. The molecule has 0 aromatic rings. The Morgan fingerprint density at radius 2 is 1.53 bits per heavy atom. The fraction of sp³-hybridized carbons (Fsp3) is 0.933. The van der Waals surface area contributed by atoms with Crippen molar-refractivity contribution in [1.82, 2.24) is 0 Å². The molecular weight excluding hydrogens is 180 g/mol. The molecule has 0 aromatic carbocycles. The Bertz CT molecular complexity index is 150. The van der Waals surface area contributed by atoms with Crippen LogP contribution in [0.5, 0.6) is 0 Å². The van der Waals surface area contributed by atoms with E-state index in [1.54, 1.807) is 5.92 Å². The maximum atomic E-state index is 2.41. The second-order valence-corrected chi connectivity index (χ2v) is 6.40. The summed E-state index contributed by atoms with van der Waals surface area (Å²) in [5.74, 6) is 3.41. The second kappa shape index (κ2) is 6.55. The van der Waals surface area contributed by atoms with Crippen molar-refractivity contribution >= 4 is 0 Å². The molecule has 0 amide bonds. The molecule has 0 aliphatic rings. The largest absolute Gasteiger partial charge is 0.0654 e. The molecule has 91 valence electrons. The van der Waals surface area contributed by atoms with Crippen LogP contribution < -0.4 is 0 Å². The van der Waals surface area contributed by atoms with Gasteiger partial charge in [-0.25, -0.2) is 0 Å². The van der Waals surface area contributed by atoms with Gasteiger partial charge in [-0.2, -0.15) is 0 Å². The molecule has 1 radical (unpaired) electrons. The lowest BCUT2D eigenvalue weighted by Gasteiger charge is -2.35. The van der Waals surface area contributed by atoms with Gasteiger partial charge in [0.1, 0.15) is 0 Å². The van der Waals surface area contributed by atoms with Crippen LogP contribution in [0.25, 0.3) is 0 Å². The van der Waals surface area contributed by atoms with Crippen molar-refractivity contribution in [3.8, 4) is 0 Å². The zero-order valence-electron chi connectivity index (χ0n) is 12.0. The number of hydrogen-bond acceptors (Lipinski definition) is 0. The van der Waals surface area contributed by atoms with E-state index in [0.717, 1.165) is 11.8 Å². The van der Waals surface area contributed by atoms with Gasteiger partial charge in [-0.05, 0) is 29.6 Å². The van der Waals surface area contributed by atoms with Gasteiger partial charge in [0.15, 0.2) is 0 Å². The average Bonchev–Trinajstić information content (AvgIpc) is 2.01. The number of rotatable bonds is 6. The van der Waals surface area contributed by atoms with Crippen molar-refractivity contribution in [3.63, 3.8) is 0 Å². The van der Waals surface area contributed by atoms with Gasteiger partial charge in [0.25, 0.3) is 0 Å². The van der Waals surface area contributed by atoms with E-state index >= 15 is 0 Å². The van der Waals surface area contributed by atoms with E-state index in [0.29, 0.717) is 5.41 Å². The fourth-order valence-corrected chi connectivity index (χ4v) is 2.41. The molecule has 1 atom stereocenters. The van der Waals surface area contributed by atoms with E-state index < -0.39 is 0 Å². The van der Waals surface area contributed by atoms with Crippen LogP contribution in [-0.4, -0.2) is 0 Å². The minimum atomic E-state index is 0.392. The third kappa shape index (κ3) is 6.22. The molecule has 0 bridgehead atoms. The smallest absolute Gasteiger partial charge is 0.0159 e. The molecule has 0 spiro atoms. The van der Waals surface area contributed by atoms with Crippen LogP contribution in [0.15, 0.2) is 0 Å². The van der Waals surface area contributed by atoms with Crippen LogP contribution in [0.4, 0.5) is 0 Å². The molecule has 0 nitrogen and oxygen atoms in total. The Kier molecular flexibility index (Phi) is 6.55. The molecule has 0 saturated carbocycles. The molecule has 0 aliphatic heterocycles. The molecule has 0 aliphatic carbocycles. The summed E-state index contributed by atoms with van der Waals surface area (Å²) < 4.78 is 0. The molecule has 0 heterocycles. The Hall–Kier alpha value is 0. The van der Waals surface area contributed by atoms with Crippen molar-refractivity contribution in [2.75, 3.05) is 0 Å². The summed E-state index contributed by atoms with van der Waals surface area (Å²) in [4.78, 5) is 0. The van der Waals surface area contributed by atoms with E-state index in [4.69, 9.17) is 0 Å². The third-order valence-electron chi connectivity index (χ3n) is 3.27. The van der Waals surface area contributed by atoms with Crippen molar-refractivity contribution in [2.24, 2.45) is 17.3 Å². The summed E-state index contributed by atoms with van der Waals surface area (Å²) in [5, 5.41) is 0. The highest BCUT2D eigenvalue weighted by atomic mass is 14.3. The second-order valence-electron chi connectivity index (χ2n) is 6.40. The van der Waals surface area contributed by atoms with Gasteiger partial charge >= 0.3 is 0 Å². The Balaban J connectivity index is 4.31. The van der Waals surface area contributed by atoms with Crippen molar-refractivity contribution in [1.29, 1.82) is 0 Å². The zero-order valence-corrected chi connectivity index (χ0v) is 12.0. The first-order valence-corrected chi connectivity index (χ1v) is 6.65. The summed E-state index contributed by atoms with van der Waals surface area (Å²) in [6.07, 6.45) is 5.33. The summed E-state index contributed by atoms with van der Waals surface area (Å²) >= 11 is 0. The predicted molar refractivity (Wildman–Crippen MR) is 70.8 cm³/mol. The monoisotopic (exact) mass is 211 g/mol. The van der Waals surface area contributed by atoms with Crippen LogP contribution in [0.3, 0.4) is 0 Å². The molecule has 0 rings (SSSR count). The Labute approximate surface area is 97.8 Å². The normalized spacial score (nSPS) is 15.0. The predicted octanol–water partition coefficient (Wildman–Crippen LogP) is 5.48. The van der Waals surface area contributed by atoms with Crippen molar-refractivity contribution in [2.45, 2.75) is 74.1 Å². The van der Waals surface area contributed by atoms with E-state index in [2.05, 4.69) is 48.5 Å². The molecule has 0 aromatic heterocycles. The van der Waals surface area contributed by atoms with Crippen LogP contribution in [0, 0.1) is 23.2 Å². The number of hydrogen-bond donors (Lipinski definition) is 0. The molecule has 0 saturated heterocycles. The van der Waals surface area contributed by atoms with Crippen LogP contribution >= 0.6 is 0 Å². The molecule has 0 heteroatoms. The van der Waals surface area contributed by atoms with Crippen molar-refractivity contribution < 1.29 is 0 Å². The summed E-state index contributed by atoms with van der Waals surface area (Å²) in [6.45, 7) is 16.5. The lowest BCUT2D eigenvalue weighted by atomic mass is 9.69. The van der Waals surface area contributed by atoms with Crippen LogP contribution in [0.2, 0.25) is 0 Å². The first-order chi connectivity index (χ1) is 6.79. The summed E-state index contributed by atoms with van der Waals surface area (Å²) in [7, 11) is 0. The van der Waals surface area contributed by atoms with Crippen LogP contribution in [0.1, 0.15) is 74.1 Å². The zero-order chi connectivity index (χ0) is 12.1. The van der Waals surface area contributed by atoms with E-state index in [9.17, 15) is 0 Å². The molecule has 1 unspecified atom stereocenters. The SMILES string of the molecule is CCCC(C)[C](CCC(C)C)C(C)(C)C. The van der Waals surface area contributed by atoms with Gasteiger partial charge < -0.3 is 0 Å². The molecule has 15 heavy (non-hydrogen) atoms. The lowest BCUT2D eigenvalue weighted by molar-refractivity contribution is 0.307. The highest BCUT2D eigenvalue weighted by Gasteiger charge is 2.29. The van der Waals surface area contributed by atoms with Gasteiger partial charge in [0.2, 0.25) is 0 Å². The van der Waals surface area contributed by atoms with Gasteiger partial charge in [0, 0.05) is 0 Å². The average molecular weight is 211 g/mol. The van der Waals surface area contributed by atoms with E-state index in [-0.39, 0.29) is 0 Å². The summed E-state index contributed by atoms with van der Waals surface area (Å²) in [5.41, 5.74) is 0.392. The minimum absolute atomic E-state index is 0.392. The van der Waals surface area contributed by atoms with Gasteiger partial charge in [0.05, 0.1) is 0 Å². The molecule has 0 fully saturated rings. The Morgan fingerprint density at radius 1 is 1.00 bits per heavy atom. The fourth-order valence-electron chi connectivity index (χ4n) is 2.41. The maximum absolute atomic E-state index is 2.41. The highest BCUT2D eigenvalue weighted by Crippen LogP contribution is 2.40. The summed E-state index contributed by atoms with van der Waals surface area (Å²) in [6, 6.07) is 0. The van der Waals surface area contributed by atoms with E-state index in [1.807, 2.05) is 0 Å². The van der Waals surface area contributed by atoms with Gasteiger partial charge in [-0.1, -0.05) is 67.7 Å². The first-order valence-electron chi connectivity index (χ1n) is 6.65. The molecule has 0 N–H and O–H groups in total. The van der Waals surface area contributed by atoms with Crippen molar-refractivity contribution in [3.05, 3.63) is 5.92 Å². The van der Waals surface area contributed by atoms with E-state index in [1.165, 1.54) is 25.7 Å². The van der Waals surface area contributed by atoms with Gasteiger partial charge in [-0.15, -0.1) is 0 Å². The van der Waals surface area contributed by atoms with Crippen LogP contribution in [-0.2, 0) is 0 Å². The minimum Gasteiger partial charge on any atom is -0.0654 e. The standard InChI is InChI=1S/C15H31/c1-8-9-13(4)14(15(5,6)7)11-10-12(2)3/h12-13H,8-11H2,1-7H3. The third-order valence-corrected chi connectivity index (χ3v) is 3.27. The first kappa shape index (κ1) is 15.0. The lowest BCUT2D eigenvalue weighted by Crippen LogP contribution is -2.25. The quantitative estimate of drug-likeness (QED) is 0.546. The highest BCUT2D eigenvalue weighted by molar-refractivity contribution is 5.04.